The number of Topliss-reactive ketones (excluding diaryl/α,β-unsaturated/α-hetero) is 1. The number of carbonyl (C=O) groups is 2. The van der Waals surface area contributed by atoms with Gasteiger partial charge in [-0.1, -0.05) is 0 Å². The predicted molar refractivity (Wildman–Crippen MR) is 69.1 cm³/mol. The van der Waals surface area contributed by atoms with Crippen molar-refractivity contribution in [1.29, 1.82) is 0 Å². The van der Waals surface area contributed by atoms with Crippen molar-refractivity contribution in [2.45, 2.75) is 19.4 Å². The topological polar surface area (TPSA) is 89.8 Å². The smallest absolute Gasteiger partial charge is 0.410 e. The summed E-state index contributed by atoms with van der Waals surface area (Å²) in [6.07, 6.45) is 0.273. The Morgan fingerprint density at radius 3 is 2.40 bits per heavy atom. The number of non-ortho nitro benzene ring substituents is 1. The van der Waals surface area contributed by atoms with Gasteiger partial charge in [-0.05, 0) is 17.7 Å². The lowest BCUT2D eigenvalue weighted by molar-refractivity contribution is -0.384. The zero-order chi connectivity index (χ0) is 14.5. The van der Waals surface area contributed by atoms with Crippen LogP contribution in [0.15, 0.2) is 24.3 Å². The van der Waals surface area contributed by atoms with E-state index in [1.54, 1.807) is 12.1 Å². The normalized spacial score (nSPS) is 15.0. The van der Waals surface area contributed by atoms with Gasteiger partial charge in [0.25, 0.3) is 5.69 Å². The Labute approximate surface area is 115 Å². The molecule has 1 fully saturated rings. The van der Waals surface area contributed by atoms with Gasteiger partial charge < -0.3 is 9.64 Å². The SMILES string of the molecule is O=C1CCN(C(=O)OCc2ccc([N+](=O)[O-])cc2)CC1. The van der Waals surface area contributed by atoms with E-state index in [1.165, 1.54) is 17.0 Å². The fraction of sp³-hybridized carbons (Fsp3) is 0.385. The Morgan fingerprint density at radius 2 is 1.85 bits per heavy atom. The molecule has 7 heteroatoms. The maximum atomic E-state index is 11.7. The Morgan fingerprint density at radius 1 is 1.25 bits per heavy atom. The van der Waals surface area contributed by atoms with Crippen molar-refractivity contribution in [2.75, 3.05) is 13.1 Å². The number of piperidine rings is 1. The summed E-state index contributed by atoms with van der Waals surface area (Å²) >= 11 is 0. The summed E-state index contributed by atoms with van der Waals surface area (Å²) in [5, 5.41) is 10.5. The van der Waals surface area contributed by atoms with Crippen molar-refractivity contribution < 1.29 is 19.2 Å². The van der Waals surface area contributed by atoms with Crippen LogP contribution in [0.1, 0.15) is 18.4 Å². The number of rotatable bonds is 3. The van der Waals surface area contributed by atoms with Crippen LogP contribution in [-0.2, 0) is 16.1 Å². The van der Waals surface area contributed by atoms with Gasteiger partial charge in [-0.3, -0.25) is 14.9 Å². The maximum absolute atomic E-state index is 11.7. The fourth-order valence-corrected chi connectivity index (χ4v) is 1.89. The number of likely N-dealkylation sites (tertiary alicyclic amines) is 1. The molecule has 1 aromatic carbocycles. The molecule has 1 heterocycles. The molecular weight excluding hydrogens is 264 g/mol. The van der Waals surface area contributed by atoms with E-state index < -0.39 is 11.0 Å². The third kappa shape index (κ3) is 3.53. The highest BCUT2D eigenvalue weighted by Crippen LogP contribution is 2.13. The lowest BCUT2D eigenvalue weighted by atomic mass is 10.1. The summed E-state index contributed by atoms with van der Waals surface area (Å²) < 4.78 is 5.11. The predicted octanol–water partition coefficient (Wildman–Crippen LogP) is 1.90. The van der Waals surface area contributed by atoms with Crippen LogP contribution in [0.25, 0.3) is 0 Å². The Balaban J connectivity index is 1.84. The summed E-state index contributed by atoms with van der Waals surface area (Å²) in [5.74, 6) is 0.157. The highest BCUT2D eigenvalue weighted by atomic mass is 16.6. The molecule has 1 aromatic rings. The Bertz CT molecular complexity index is 516. The molecule has 1 aliphatic heterocycles. The van der Waals surface area contributed by atoms with E-state index in [0.717, 1.165) is 0 Å². The van der Waals surface area contributed by atoms with E-state index in [0.29, 0.717) is 31.5 Å². The number of hydrogen-bond acceptors (Lipinski definition) is 5. The molecule has 1 saturated heterocycles. The minimum absolute atomic E-state index is 0.00498. The van der Waals surface area contributed by atoms with Crippen molar-refractivity contribution in [3.63, 3.8) is 0 Å². The van der Waals surface area contributed by atoms with Crippen molar-refractivity contribution >= 4 is 17.6 Å². The molecule has 0 radical (unpaired) electrons. The second-order valence-corrected chi connectivity index (χ2v) is 4.50. The molecule has 106 valence electrons. The van der Waals surface area contributed by atoms with Crippen LogP contribution >= 0.6 is 0 Å². The van der Waals surface area contributed by atoms with Gasteiger partial charge in [-0.2, -0.15) is 0 Å². The first-order valence-corrected chi connectivity index (χ1v) is 6.23. The van der Waals surface area contributed by atoms with Gasteiger partial charge in [0.05, 0.1) is 4.92 Å². The Hall–Kier alpha value is -2.44. The van der Waals surface area contributed by atoms with Crippen molar-refractivity contribution in [3.8, 4) is 0 Å². The lowest BCUT2D eigenvalue weighted by Gasteiger charge is -2.25. The number of ether oxygens (including phenoxy) is 1. The average molecular weight is 278 g/mol. The van der Waals surface area contributed by atoms with Gasteiger partial charge >= 0.3 is 6.09 Å². The van der Waals surface area contributed by atoms with E-state index in [-0.39, 0.29) is 18.1 Å². The zero-order valence-corrected chi connectivity index (χ0v) is 10.8. The number of nitrogens with zero attached hydrogens (tertiary/aromatic N) is 2. The monoisotopic (exact) mass is 278 g/mol. The average Bonchev–Trinajstić information content (AvgIpc) is 2.46. The fourth-order valence-electron chi connectivity index (χ4n) is 1.89. The van der Waals surface area contributed by atoms with Crippen LogP contribution in [0.2, 0.25) is 0 Å². The molecule has 0 atom stereocenters. The van der Waals surface area contributed by atoms with Gasteiger partial charge in [0.1, 0.15) is 12.4 Å². The molecule has 0 unspecified atom stereocenters. The van der Waals surface area contributed by atoms with Crippen LogP contribution in [0.4, 0.5) is 10.5 Å². The minimum Gasteiger partial charge on any atom is -0.445 e. The molecule has 0 aromatic heterocycles. The van der Waals surface area contributed by atoms with Crippen molar-refractivity contribution in [3.05, 3.63) is 39.9 Å². The van der Waals surface area contributed by atoms with Gasteiger partial charge in [-0.15, -0.1) is 0 Å². The number of amides is 1. The first-order chi connectivity index (χ1) is 9.56. The molecule has 0 spiro atoms. The van der Waals surface area contributed by atoms with E-state index in [9.17, 15) is 19.7 Å². The van der Waals surface area contributed by atoms with Crippen LogP contribution < -0.4 is 0 Å². The van der Waals surface area contributed by atoms with E-state index in [2.05, 4.69) is 0 Å². The van der Waals surface area contributed by atoms with Crippen LogP contribution in [0, 0.1) is 10.1 Å². The second-order valence-electron chi connectivity index (χ2n) is 4.50. The van der Waals surface area contributed by atoms with E-state index in [1.807, 2.05) is 0 Å². The van der Waals surface area contributed by atoms with Gasteiger partial charge in [0.2, 0.25) is 0 Å². The largest absolute Gasteiger partial charge is 0.445 e. The number of ketones is 1. The molecule has 2 rings (SSSR count). The Kier molecular flexibility index (Phi) is 4.29. The highest BCUT2D eigenvalue weighted by Gasteiger charge is 2.21. The van der Waals surface area contributed by atoms with Gasteiger partial charge in [0, 0.05) is 38.1 Å². The molecule has 0 N–H and O–H groups in total. The third-order valence-corrected chi connectivity index (χ3v) is 3.09. The van der Waals surface area contributed by atoms with Crippen LogP contribution in [-0.4, -0.2) is 34.8 Å². The summed E-state index contributed by atoms with van der Waals surface area (Å²) in [7, 11) is 0. The summed E-state index contributed by atoms with van der Waals surface area (Å²) in [4.78, 5) is 34.3. The zero-order valence-electron chi connectivity index (χ0n) is 10.8. The van der Waals surface area contributed by atoms with E-state index >= 15 is 0 Å². The maximum Gasteiger partial charge on any atom is 0.410 e. The number of carbonyl (C=O) groups excluding carboxylic acids is 2. The molecule has 0 bridgehead atoms. The van der Waals surface area contributed by atoms with Crippen molar-refractivity contribution in [1.82, 2.24) is 4.90 Å². The first-order valence-electron chi connectivity index (χ1n) is 6.23. The molecule has 0 aliphatic carbocycles. The molecule has 1 aliphatic rings. The number of benzene rings is 1. The molecule has 1 amide bonds. The van der Waals surface area contributed by atoms with Crippen LogP contribution in [0.5, 0.6) is 0 Å². The molecule has 20 heavy (non-hydrogen) atoms. The number of nitro groups is 1. The highest BCUT2D eigenvalue weighted by molar-refractivity contribution is 5.81. The molecule has 0 saturated carbocycles. The third-order valence-electron chi connectivity index (χ3n) is 3.09. The standard InChI is InChI=1S/C13H14N2O5/c16-12-5-7-14(8-6-12)13(17)20-9-10-1-3-11(4-2-10)15(18)19/h1-4H,5-9H2. The first kappa shape index (κ1) is 14.0. The number of nitro benzene ring substituents is 1. The van der Waals surface area contributed by atoms with Gasteiger partial charge in [-0.25, -0.2) is 4.79 Å². The molecular formula is C13H14N2O5. The second kappa shape index (κ2) is 6.14. The lowest BCUT2D eigenvalue weighted by Crippen LogP contribution is -2.38. The summed E-state index contributed by atoms with van der Waals surface area (Å²) in [6, 6.07) is 5.82. The molecule has 7 nitrogen and oxygen atoms in total. The van der Waals surface area contributed by atoms with E-state index in [4.69, 9.17) is 4.74 Å². The minimum atomic E-state index is -0.486. The summed E-state index contributed by atoms with van der Waals surface area (Å²) in [5.41, 5.74) is 0.673. The number of hydrogen-bond donors (Lipinski definition) is 0. The quantitative estimate of drug-likeness (QED) is 0.622. The van der Waals surface area contributed by atoms with Crippen molar-refractivity contribution in [2.24, 2.45) is 0 Å². The van der Waals surface area contributed by atoms with Gasteiger partial charge in [0.15, 0.2) is 0 Å². The summed E-state index contributed by atoms with van der Waals surface area (Å²) in [6.45, 7) is 0.830. The van der Waals surface area contributed by atoms with Crippen LogP contribution in [0.3, 0.4) is 0 Å².